The molecule has 0 aliphatic heterocycles. The second-order valence-corrected chi connectivity index (χ2v) is 8.08. The van der Waals surface area contributed by atoms with Crippen LogP contribution in [0.5, 0.6) is 5.75 Å². The molecular formula is C19H29NOS. The van der Waals surface area contributed by atoms with Crippen LogP contribution in [-0.4, -0.2) is 11.7 Å². The molecule has 3 heteroatoms. The van der Waals surface area contributed by atoms with Crippen LogP contribution in [0.1, 0.15) is 58.9 Å². The molecule has 2 nitrogen and oxygen atoms in total. The van der Waals surface area contributed by atoms with Crippen LogP contribution >= 0.6 is 12.2 Å². The Bertz CT molecular complexity index is 526. The largest absolute Gasteiger partial charge is 0.432 e. The second-order valence-electron chi connectivity index (χ2n) is 7.71. The van der Waals surface area contributed by atoms with Crippen LogP contribution < -0.4 is 10.1 Å². The van der Waals surface area contributed by atoms with E-state index in [9.17, 15) is 0 Å². The van der Waals surface area contributed by atoms with Gasteiger partial charge in [-0.15, -0.1) is 0 Å². The summed E-state index contributed by atoms with van der Waals surface area (Å²) in [6.45, 7) is 10.1. The van der Waals surface area contributed by atoms with Gasteiger partial charge < -0.3 is 10.1 Å². The molecule has 0 bridgehead atoms. The van der Waals surface area contributed by atoms with E-state index in [1.165, 1.54) is 31.2 Å². The predicted octanol–water partition coefficient (Wildman–Crippen LogP) is 5.11. The molecule has 0 spiro atoms. The van der Waals surface area contributed by atoms with Gasteiger partial charge in [0.25, 0.3) is 5.17 Å². The highest BCUT2D eigenvalue weighted by atomic mass is 32.1. The molecule has 122 valence electrons. The molecule has 1 aliphatic carbocycles. The zero-order valence-corrected chi connectivity index (χ0v) is 15.2. The summed E-state index contributed by atoms with van der Waals surface area (Å²) in [6.07, 6.45) is 6.08. The van der Waals surface area contributed by atoms with Crippen molar-refractivity contribution in [2.24, 2.45) is 10.8 Å². The molecular weight excluding hydrogens is 290 g/mol. The molecule has 0 saturated heterocycles. The summed E-state index contributed by atoms with van der Waals surface area (Å²) in [5.41, 5.74) is 1.93. The van der Waals surface area contributed by atoms with Gasteiger partial charge in [-0.3, -0.25) is 0 Å². The topological polar surface area (TPSA) is 21.3 Å². The van der Waals surface area contributed by atoms with Crippen molar-refractivity contribution in [3.05, 3.63) is 29.8 Å². The summed E-state index contributed by atoms with van der Waals surface area (Å²) in [5, 5.41) is 3.83. The number of benzene rings is 1. The van der Waals surface area contributed by atoms with Gasteiger partial charge >= 0.3 is 0 Å². The first-order chi connectivity index (χ1) is 10.3. The molecule has 1 N–H and O–H groups in total. The standard InChI is InChI=1S/C19H29NOS/c1-5-15-9-6-7-10-16(15)21-17(22)20-14-19(4)12-8-11-18(2,3)13-19/h6-7,9-10H,5,8,11-14H2,1-4H3,(H,20,22). The predicted molar refractivity (Wildman–Crippen MR) is 97.4 cm³/mol. The highest BCUT2D eigenvalue weighted by Crippen LogP contribution is 2.45. The van der Waals surface area contributed by atoms with E-state index in [0.29, 0.717) is 16.0 Å². The third kappa shape index (κ3) is 4.70. The SMILES string of the molecule is CCc1ccccc1OC(=S)NCC1(C)CCCC(C)(C)C1. The lowest BCUT2D eigenvalue weighted by Crippen LogP contribution is -2.41. The van der Waals surface area contributed by atoms with Gasteiger partial charge in [0.1, 0.15) is 5.75 Å². The summed E-state index contributed by atoms with van der Waals surface area (Å²) in [6, 6.07) is 8.09. The van der Waals surface area contributed by atoms with E-state index in [0.717, 1.165) is 18.7 Å². The van der Waals surface area contributed by atoms with Crippen molar-refractivity contribution in [1.82, 2.24) is 5.32 Å². The van der Waals surface area contributed by atoms with E-state index >= 15 is 0 Å². The second kappa shape index (κ2) is 6.99. The van der Waals surface area contributed by atoms with Crippen molar-refractivity contribution >= 4 is 17.4 Å². The van der Waals surface area contributed by atoms with E-state index in [2.05, 4.69) is 39.1 Å². The third-order valence-electron chi connectivity index (χ3n) is 4.75. The van der Waals surface area contributed by atoms with Gasteiger partial charge in [-0.05, 0) is 60.4 Å². The molecule has 0 heterocycles. The summed E-state index contributed by atoms with van der Waals surface area (Å²) >= 11 is 5.39. The van der Waals surface area contributed by atoms with Crippen molar-refractivity contribution in [2.45, 2.75) is 59.8 Å². The third-order valence-corrected chi connectivity index (χ3v) is 4.98. The van der Waals surface area contributed by atoms with E-state index in [4.69, 9.17) is 17.0 Å². The van der Waals surface area contributed by atoms with E-state index < -0.39 is 0 Å². The van der Waals surface area contributed by atoms with Crippen LogP contribution in [-0.2, 0) is 6.42 Å². The maximum absolute atomic E-state index is 5.84. The molecule has 1 aromatic carbocycles. The number of hydrogen-bond acceptors (Lipinski definition) is 2. The lowest BCUT2D eigenvalue weighted by molar-refractivity contribution is 0.102. The number of aryl methyl sites for hydroxylation is 1. The minimum atomic E-state index is 0.305. The lowest BCUT2D eigenvalue weighted by Gasteiger charge is -2.43. The molecule has 1 aliphatic rings. The summed E-state index contributed by atoms with van der Waals surface area (Å²) in [5.74, 6) is 0.872. The molecule has 1 saturated carbocycles. The van der Waals surface area contributed by atoms with Crippen LogP contribution in [0.3, 0.4) is 0 Å². The first-order valence-corrected chi connectivity index (χ1v) is 8.78. The summed E-state index contributed by atoms with van der Waals surface area (Å²) in [7, 11) is 0. The highest BCUT2D eigenvalue weighted by Gasteiger charge is 2.36. The van der Waals surface area contributed by atoms with Crippen LogP contribution in [0.25, 0.3) is 0 Å². The Morgan fingerprint density at radius 1 is 1.23 bits per heavy atom. The molecule has 22 heavy (non-hydrogen) atoms. The number of hydrogen-bond donors (Lipinski definition) is 1. The Morgan fingerprint density at radius 3 is 2.64 bits per heavy atom. The fourth-order valence-corrected chi connectivity index (χ4v) is 3.96. The average molecular weight is 320 g/mol. The van der Waals surface area contributed by atoms with E-state index in [-0.39, 0.29) is 0 Å². The minimum Gasteiger partial charge on any atom is -0.432 e. The van der Waals surface area contributed by atoms with Crippen LogP contribution in [0.4, 0.5) is 0 Å². The summed E-state index contributed by atoms with van der Waals surface area (Å²) in [4.78, 5) is 0. The van der Waals surface area contributed by atoms with E-state index in [1.54, 1.807) is 0 Å². The van der Waals surface area contributed by atoms with Crippen LogP contribution in [0.15, 0.2) is 24.3 Å². The number of nitrogens with one attached hydrogen (secondary N) is 1. The Morgan fingerprint density at radius 2 is 1.95 bits per heavy atom. The monoisotopic (exact) mass is 319 g/mol. The normalized spacial score (nSPS) is 23.8. The number of para-hydroxylation sites is 1. The maximum atomic E-state index is 5.84. The number of thiocarbonyl (C=S) groups is 1. The molecule has 2 rings (SSSR count). The van der Waals surface area contributed by atoms with Gasteiger partial charge in [0, 0.05) is 6.54 Å². The van der Waals surface area contributed by atoms with Crippen molar-refractivity contribution in [1.29, 1.82) is 0 Å². The highest BCUT2D eigenvalue weighted by molar-refractivity contribution is 7.80. The first-order valence-electron chi connectivity index (χ1n) is 8.37. The Balaban J connectivity index is 1.90. The van der Waals surface area contributed by atoms with Gasteiger partial charge in [-0.25, -0.2) is 0 Å². The molecule has 0 amide bonds. The van der Waals surface area contributed by atoms with Crippen molar-refractivity contribution in [3.63, 3.8) is 0 Å². The fourth-order valence-electron chi connectivity index (χ4n) is 3.79. The van der Waals surface area contributed by atoms with Gasteiger partial charge in [0.2, 0.25) is 0 Å². The molecule has 1 fully saturated rings. The molecule has 0 aromatic heterocycles. The van der Waals surface area contributed by atoms with E-state index in [1.807, 2.05) is 18.2 Å². The lowest BCUT2D eigenvalue weighted by atomic mass is 9.64. The van der Waals surface area contributed by atoms with Gasteiger partial charge in [-0.2, -0.15) is 0 Å². The van der Waals surface area contributed by atoms with Crippen molar-refractivity contribution in [3.8, 4) is 5.75 Å². The van der Waals surface area contributed by atoms with Crippen molar-refractivity contribution in [2.75, 3.05) is 6.54 Å². The fraction of sp³-hybridized carbons (Fsp3) is 0.632. The molecule has 1 unspecified atom stereocenters. The van der Waals surface area contributed by atoms with Crippen molar-refractivity contribution < 1.29 is 4.74 Å². The molecule has 1 aromatic rings. The summed E-state index contributed by atoms with van der Waals surface area (Å²) < 4.78 is 5.84. The zero-order valence-electron chi connectivity index (χ0n) is 14.4. The Hall–Kier alpha value is -1.09. The number of rotatable bonds is 4. The zero-order chi connectivity index (χ0) is 16.2. The van der Waals surface area contributed by atoms with Crippen LogP contribution in [0, 0.1) is 10.8 Å². The Kier molecular flexibility index (Phi) is 5.49. The quantitative estimate of drug-likeness (QED) is 0.779. The number of ether oxygens (including phenoxy) is 1. The van der Waals surface area contributed by atoms with Gasteiger partial charge in [-0.1, -0.05) is 52.3 Å². The Labute approximate surface area is 140 Å². The first kappa shape index (κ1) is 17.3. The molecule has 0 radical (unpaired) electrons. The van der Waals surface area contributed by atoms with Crippen LogP contribution in [0.2, 0.25) is 0 Å². The maximum Gasteiger partial charge on any atom is 0.262 e. The minimum absolute atomic E-state index is 0.305. The smallest absolute Gasteiger partial charge is 0.262 e. The molecule has 1 atom stereocenters. The van der Waals surface area contributed by atoms with Gasteiger partial charge in [0.05, 0.1) is 0 Å². The van der Waals surface area contributed by atoms with Gasteiger partial charge in [0.15, 0.2) is 0 Å². The average Bonchev–Trinajstić information content (AvgIpc) is 2.44.